The molecule has 1 aliphatic heterocycles. The highest BCUT2D eigenvalue weighted by Crippen LogP contribution is 2.37. The van der Waals surface area contributed by atoms with Gasteiger partial charge in [0.25, 0.3) is 0 Å². The van der Waals surface area contributed by atoms with Crippen molar-refractivity contribution in [1.82, 2.24) is 0 Å². The minimum absolute atomic E-state index is 0.383. The predicted octanol–water partition coefficient (Wildman–Crippen LogP) is 3.22. The van der Waals surface area contributed by atoms with Crippen molar-refractivity contribution >= 4 is 0 Å². The molecule has 2 unspecified atom stereocenters. The monoisotopic (exact) mass is 262 g/mol. The number of ether oxygens (including phenoxy) is 2. The van der Waals surface area contributed by atoms with Crippen LogP contribution in [0.1, 0.15) is 50.7 Å². The lowest BCUT2D eigenvalue weighted by Crippen LogP contribution is -2.39. The van der Waals surface area contributed by atoms with Crippen molar-refractivity contribution in [3.05, 3.63) is 29.8 Å². The third-order valence-corrected chi connectivity index (χ3v) is 4.08. The van der Waals surface area contributed by atoms with E-state index in [-0.39, 0.29) is 0 Å². The first-order valence-electron chi connectivity index (χ1n) is 7.26. The van der Waals surface area contributed by atoms with Gasteiger partial charge >= 0.3 is 0 Å². The van der Waals surface area contributed by atoms with E-state index in [1.807, 2.05) is 31.2 Å². The normalized spacial score (nSPS) is 28.9. The second-order valence-electron chi connectivity index (χ2n) is 5.91. The summed E-state index contributed by atoms with van der Waals surface area (Å²) in [5.74, 6) is 0.860. The Balaban J connectivity index is 1.75. The molecule has 1 N–H and O–H groups in total. The van der Waals surface area contributed by atoms with Crippen LogP contribution in [0.4, 0.5) is 0 Å². The van der Waals surface area contributed by atoms with E-state index < -0.39 is 11.7 Å². The third-order valence-electron chi connectivity index (χ3n) is 4.08. The lowest BCUT2D eigenvalue weighted by Gasteiger charge is -2.38. The molecule has 0 radical (unpaired) electrons. The fourth-order valence-electron chi connectivity index (χ4n) is 2.66. The maximum atomic E-state index is 10.6. The summed E-state index contributed by atoms with van der Waals surface area (Å²) in [6, 6.07) is 7.81. The minimum Gasteiger partial charge on any atom is -0.490 e. The molecule has 0 amide bonds. The first-order valence-corrected chi connectivity index (χ1v) is 7.26. The third kappa shape index (κ3) is 2.93. The van der Waals surface area contributed by atoms with Crippen LogP contribution in [0.25, 0.3) is 0 Å². The summed E-state index contributed by atoms with van der Waals surface area (Å²) in [5, 5.41) is 10.6. The number of rotatable bonds is 4. The van der Waals surface area contributed by atoms with Crippen molar-refractivity contribution < 1.29 is 14.6 Å². The number of aliphatic hydroxyl groups excluding tert-OH is 1. The summed E-state index contributed by atoms with van der Waals surface area (Å²) >= 11 is 0. The van der Waals surface area contributed by atoms with Crippen LogP contribution in [0.15, 0.2) is 24.3 Å². The fourth-order valence-corrected chi connectivity index (χ4v) is 2.66. The van der Waals surface area contributed by atoms with Crippen LogP contribution in [0.5, 0.6) is 5.75 Å². The summed E-state index contributed by atoms with van der Waals surface area (Å²) in [4.78, 5) is 0. The molecule has 2 fully saturated rings. The minimum atomic E-state index is -0.587. The van der Waals surface area contributed by atoms with Gasteiger partial charge < -0.3 is 14.6 Å². The molecule has 1 aliphatic carbocycles. The van der Waals surface area contributed by atoms with Gasteiger partial charge in [0.2, 0.25) is 0 Å². The predicted molar refractivity (Wildman–Crippen MR) is 73.3 cm³/mol. The standard InChI is InChI=1S/C16H22O3/c1-16(9-2-3-10-18-16)15(17)12-5-4-6-14(11-12)19-13-7-8-13/h4-6,11,13,15,17H,2-3,7-10H2,1H3. The van der Waals surface area contributed by atoms with E-state index >= 15 is 0 Å². The van der Waals surface area contributed by atoms with Gasteiger partial charge in [0, 0.05) is 6.61 Å². The molecule has 1 aromatic rings. The zero-order valence-corrected chi connectivity index (χ0v) is 11.5. The van der Waals surface area contributed by atoms with Crippen LogP contribution in [0.2, 0.25) is 0 Å². The SMILES string of the molecule is CC1(C(O)c2cccc(OC3CC3)c2)CCCCO1. The van der Waals surface area contributed by atoms with Crippen molar-refractivity contribution in [1.29, 1.82) is 0 Å². The van der Waals surface area contributed by atoms with E-state index in [2.05, 4.69) is 0 Å². The molecule has 3 heteroatoms. The highest BCUT2D eigenvalue weighted by Gasteiger charge is 2.37. The number of hydrogen-bond acceptors (Lipinski definition) is 3. The van der Waals surface area contributed by atoms with E-state index in [4.69, 9.17) is 9.47 Å². The highest BCUT2D eigenvalue weighted by atomic mass is 16.5. The summed E-state index contributed by atoms with van der Waals surface area (Å²) in [6.45, 7) is 2.75. The molecule has 1 saturated carbocycles. The lowest BCUT2D eigenvalue weighted by atomic mass is 9.86. The van der Waals surface area contributed by atoms with E-state index in [9.17, 15) is 5.11 Å². The van der Waals surface area contributed by atoms with Gasteiger partial charge in [-0.05, 0) is 56.7 Å². The zero-order valence-electron chi connectivity index (χ0n) is 11.5. The summed E-state index contributed by atoms with van der Waals surface area (Å²) in [6.07, 6.45) is 5.20. The topological polar surface area (TPSA) is 38.7 Å². The van der Waals surface area contributed by atoms with Gasteiger partial charge in [0.1, 0.15) is 11.9 Å². The molecule has 2 aliphatic rings. The van der Waals surface area contributed by atoms with Crippen LogP contribution in [-0.4, -0.2) is 23.4 Å². The van der Waals surface area contributed by atoms with Crippen molar-refractivity contribution in [2.45, 2.75) is 56.8 Å². The highest BCUT2D eigenvalue weighted by molar-refractivity contribution is 5.31. The largest absolute Gasteiger partial charge is 0.490 e. The molecular weight excluding hydrogens is 240 g/mol. The molecule has 3 nitrogen and oxygen atoms in total. The van der Waals surface area contributed by atoms with E-state index in [0.29, 0.717) is 6.10 Å². The zero-order chi connectivity index (χ0) is 13.3. The Labute approximate surface area is 114 Å². The van der Waals surface area contributed by atoms with Gasteiger partial charge in [-0.1, -0.05) is 12.1 Å². The van der Waals surface area contributed by atoms with Crippen LogP contribution >= 0.6 is 0 Å². The smallest absolute Gasteiger partial charge is 0.120 e. The Morgan fingerprint density at radius 1 is 1.37 bits per heavy atom. The van der Waals surface area contributed by atoms with Crippen molar-refractivity contribution in [3.8, 4) is 5.75 Å². The van der Waals surface area contributed by atoms with Gasteiger partial charge in [0.05, 0.1) is 11.7 Å². The van der Waals surface area contributed by atoms with Gasteiger partial charge in [-0.15, -0.1) is 0 Å². The first kappa shape index (κ1) is 12.9. The quantitative estimate of drug-likeness (QED) is 0.905. The fraction of sp³-hybridized carbons (Fsp3) is 0.625. The Bertz CT molecular complexity index is 433. The molecule has 2 atom stereocenters. The maximum absolute atomic E-state index is 10.6. The van der Waals surface area contributed by atoms with Gasteiger partial charge in [-0.2, -0.15) is 0 Å². The number of hydrogen-bond donors (Lipinski definition) is 1. The Hall–Kier alpha value is -1.06. The maximum Gasteiger partial charge on any atom is 0.120 e. The molecular formula is C16H22O3. The first-order chi connectivity index (χ1) is 9.17. The number of aliphatic hydroxyl groups is 1. The molecule has 104 valence electrons. The van der Waals surface area contributed by atoms with Crippen LogP contribution in [-0.2, 0) is 4.74 Å². The van der Waals surface area contributed by atoms with Crippen LogP contribution in [0.3, 0.4) is 0 Å². The molecule has 1 aromatic carbocycles. The lowest BCUT2D eigenvalue weighted by molar-refractivity contribution is -0.138. The Morgan fingerprint density at radius 2 is 2.21 bits per heavy atom. The molecule has 0 spiro atoms. The average molecular weight is 262 g/mol. The number of benzene rings is 1. The van der Waals surface area contributed by atoms with Gasteiger partial charge in [-0.25, -0.2) is 0 Å². The van der Waals surface area contributed by atoms with E-state index in [0.717, 1.165) is 50.0 Å². The van der Waals surface area contributed by atoms with Gasteiger partial charge in [0.15, 0.2) is 0 Å². The summed E-state index contributed by atoms with van der Waals surface area (Å²) < 4.78 is 11.6. The van der Waals surface area contributed by atoms with E-state index in [1.54, 1.807) is 0 Å². The Kier molecular flexibility index (Phi) is 3.50. The summed E-state index contributed by atoms with van der Waals surface area (Å²) in [7, 11) is 0. The molecule has 0 bridgehead atoms. The second-order valence-corrected chi connectivity index (χ2v) is 5.91. The van der Waals surface area contributed by atoms with E-state index in [1.165, 1.54) is 0 Å². The van der Waals surface area contributed by atoms with Crippen LogP contribution in [0, 0.1) is 0 Å². The Morgan fingerprint density at radius 3 is 2.89 bits per heavy atom. The van der Waals surface area contributed by atoms with Crippen molar-refractivity contribution in [2.75, 3.05) is 6.61 Å². The molecule has 3 rings (SSSR count). The molecule has 1 heterocycles. The molecule has 0 aromatic heterocycles. The van der Waals surface area contributed by atoms with Crippen LogP contribution < -0.4 is 4.74 Å². The molecule has 19 heavy (non-hydrogen) atoms. The molecule has 1 saturated heterocycles. The van der Waals surface area contributed by atoms with Gasteiger partial charge in [-0.3, -0.25) is 0 Å². The second kappa shape index (κ2) is 5.14. The summed E-state index contributed by atoms with van der Waals surface area (Å²) in [5.41, 5.74) is 0.429. The van der Waals surface area contributed by atoms with Crippen molar-refractivity contribution in [2.24, 2.45) is 0 Å². The van der Waals surface area contributed by atoms with Crippen molar-refractivity contribution in [3.63, 3.8) is 0 Å². The average Bonchev–Trinajstić information content (AvgIpc) is 3.23.